The molecule has 2 fully saturated rings. The van der Waals surface area contributed by atoms with Crippen LogP contribution in [0.3, 0.4) is 0 Å². The minimum absolute atomic E-state index is 0.176. The van der Waals surface area contributed by atoms with Gasteiger partial charge in [-0.05, 0) is 13.8 Å². The molecule has 2 heterocycles. The first kappa shape index (κ1) is 17.1. The summed E-state index contributed by atoms with van der Waals surface area (Å²) in [7, 11) is 0. The second kappa shape index (κ2) is 10.0. The fourth-order valence-corrected chi connectivity index (χ4v) is 0.659. The van der Waals surface area contributed by atoms with Gasteiger partial charge in [-0.15, -0.1) is 0 Å². The van der Waals surface area contributed by atoms with Crippen LogP contribution in [-0.4, -0.2) is 61.4 Å². The van der Waals surface area contributed by atoms with Crippen molar-refractivity contribution >= 4 is 5.97 Å². The van der Waals surface area contributed by atoms with Crippen molar-refractivity contribution in [1.82, 2.24) is 0 Å². The Hall–Kier alpha value is -0.950. The molecule has 2 atom stereocenters. The normalized spacial score (nSPS) is 22.8. The summed E-state index contributed by atoms with van der Waals surface area (Å²) < 4.78 is 15.1. The molecule has 18 heavy (non-hydrogen) atoms. The van der Waals surface area contributed by atoms with E-state index in [9.17, 15) is 4.79 Å². The topological polar surface area (TPSA) is 91.8 Å². The predicted molar refractivity (Wildman–Crippen MR) is 65.5 cm³/mol. The molecule has 0 aromatic heterocycles. The summed E-state index contributed by atoms with van der Waals surface area (Å²) in [6.45, 7) is 9.79. The van der Waals surface area contributed by atoms with Crippen molar-refractivity contribution in [1.29, 1.82) is 0 Å². The van der Waals surface area contributed by atoms with Crippen LogP contribution in [0.1, 0.15) is 13.8 Å². The van der Waals surface area contributed by atoms with Crippen LogP contribution in [0.4, 0.5) is 0 Å². The highest BCUT2D eigenvalue weighted by atomic mass is 16.6. The molecule has 0 radical (unpaired) electrons. The number of aliphatic hydroxyl groups excluding tert-OH is 1. The van der Waals surface area contributed by atoms with Crippen LogP contribution in [0.15, 0.2) is 12.2 Å². The van der Waals surface area contributed by atoms with Gasteiger partial charge in [0, 0.05) is 12.2 Å². The maximum Gasteiger partial charge on any atom is 0.330 e. The lowest BCUT2D eigenvalue weighted by Crippen LogP contribution is -2.06. The van der Waals surface area contributed by atoms with Gasteiger partial charge in [0.1, 0.15) is 12.2 Å². The quantitative estimate of drug-likeness (QED) is 0.552. The number of carboxylic acids is 1. The van der Waals surface area contributed by atoms with Crippen molar-refractivity contribution in [3.8, 4) is 0 Å². The first-order valence-electron chi connectivity index (χ1n) is 5.81. The summed E-state index contributed by atoms with van der Waals surface area (Å²) in [5.41, 5.74) is 0.176. The second-order valence-electron chi connectivity index (χ2n) is 3.85. The van der Waals surface area contributed by atoms with Crippen molar-refractivity contribution in [2.45, 2.75) is 26.1 Å². The van der Waals surface area contributed by atoms with E-state index >= 15 is 0 Å². The van der Waals surface area contributed by atoms with E-state index in [2.05, 4.69) is 6.58 Å². The average Bonchev–Trinajstić information content (AvgIpc) is 3.14. The Balaban J connectivity index is 0.000000282. The monoisotopic (exact) mass is 262 g/mol. The van der Waals surface area contributed by atoms with Crippen molar-refractivity contribution in [2.75, 3.05) is 33.0 Å². The van der Waals surface area contributed by atoms with E-state index < -0.39 is 5.97 Å². The molecular weight excluding hydrogens is 240 g/mol. The third-order valence-corrected chi connectivity index (χ3v) is 1.78. The van der Waals surface area contributed by atoms with E-state index in [-0.39, 0.29) is 12.2 Å². The van der Waals surface area contributed by atoms with Gasteiger partial charge < -0.3 is 24.4 Å². The molecule has 6 heteroatoms. The number of ether oxygens (including phenoxy) is 3. The molecule has 2 saturated heterocycles. The molecule has 2 aliphatic rings. The third-order valence-electron chi connectivity index (χ3n) is 1.78. The van der Waals surface area contributed by atoms with E-state index in [1.165, 1.54) is 6.92 Å². The number of carboxylic acid groups (broad SMARTS) is 1. The van der Waals surface area contributed by atoms with Gasteiger partial charge in [-0.2, -0.15) is 0 Å². The molecule has 6 nitrogen and oxygen atoms in total. The lowest BCUT2D eigenvalue weighted by atomic mass is 10.4. The molecular formula is C12H22O6. The first-order chi connectivity index (χ1) is 8.51. The van der Waals surface area contributed by atoms with Crippen molar-refractivity contribution in [2.24, 2.45) is 0 Å². The van der Waals surface area contributed by atoms with Crippen molar-refractivity contribution in [3.63, 3.8) is 0 Å². The molecule has 106 valence electrons. The van der Waals surface area contributed by atoms with E-state index in [1.54, 1.807) is 6.92 Å². The molecule has 2 unspecified atom stereocenters. The number of carbonyl (C=O) groups is 1. The number of aliphatic hydroxyl groups is 1. The summed E-state index contributed by atoms with van der Waals surface area (Å²) >= 11 is 0. The highest BCUT2D eigenvalue weighted by molar-refractivity contribution is 5.84. The molecule has 0 aliphatic carbocycles. The summed E-state index contributed by atoms with van der Waals surface area (Å²) in [6.07, 6.45) is 0.785. The zero-order valence-corrected chi connectivity index (χ0v) is 10.9. The van der Waals surface area contributed by atoms with Gasteiger partial charge in [0.2, 0.25) is 0 Å². The number of hydrogen-bond acceptors (Lipinski definition) is 5. The molecule has 2 aliphatic heterocycles. The lowest BCUT2D eigenvalue weighted by Gasteiger charge is -1.95. The molecule has 0 amide bonds. The lowest BCUT2D eigenvalue weighted by molar-refractivity contribution is -0.132. The van der Waals surface area contributed by atoms with Gasteiger partial charge in [-0.3, -0.25) is 0 Å². The van der Waals surface area contributed by atoms with Crippen molar-refractivity contribution < 1.29 is 29.2 Å². The van der Waals surface area contributed by atoms with Crippen LogP contribution in [0, 0.1) is 0 Å². The van der Waals surface area contributed by atoms with Gasteiger partial charge in [-0.25, -0.2) is 4.79 Å². The Morgan fingerprint density at radius 2 is 1.61 bits per heavy atom. The minimum atomic E-state index is -0.935. The van der Waals surface area contributed by atoms with Crippen LogP contribution < -0.4 is 0 Å². The van der Waals surface area contributed by atoms with E-state index in [0.29, 0.717) is 12.2 Å². The molecule has 0 spiro atoms. The molecule has 2 rings (SSSR count). The molecule has 0 bridgehead atoms. The summed E-state index contributed by atoms with van der Waals surface area (Å²) in [5, 5.41) is 15.5. The Morgan fingerprint density at radius 3 is 1.78 bits per heavy atom. The zero-order valence-electron chi connectivity index (χ0n) is 10.9. The fourth-order valence-electron chi connectivity index (χ4n) is 0.659. The SMILES string of the molecule is C(OCC1CO1)C1CO1.C=C(C)C(=O)O.CCO. The third kappa shape index (κ3) is 13.1. The van der Waals surface area contributed by atoms with Gasteiger partial charge in [0.15, 0.2) is 0 Å². The minimum Gasteiger partial charge on any atom is -0.478 e. The Morgan fingerprint density at radius 1 is 1.33 bits per heavy atom. The smallest absolute Gasteiger partial charge is 0.330 e. The fraction of sp³-hybridized carbons (Fsp3) is 0.750. The van der Waals surface area contributed by atoms with Crippen LogP contribution >= 0.6 is 0 Å². The molecule has 0 saturated carbocycles. The Bertz CT molecular complexity index is 221. The van der Waals surface area contributed by atoms with E-state index in [4.69, 9.17) is 24.4 Å². The predicted octanol–water partition coefficient (Wildman–Crippen LogP) is 0.446. The largest absolute Gasteiger partial charge is 0.478 e. The van der Waals surface area contributed by atoms with Crippen LogP contribution in [0.2, 0.25) is 0 Å². The number of hydrogen-bond donors (Lipinski definition) is 2. The highest BCUT2D eigenvalue weighted by Crippen LogP contribution is 2.12. The first-order valence-corrected chi connectivity index (χ1v) is 5.81. The van der Waals surface area contributed by atoms with Crippen LogP contribution in [-0.2, 0) is 19.0 Å². The van der Waals surface area contributed by atoms with Gasteiger partial charge >= 0.3 is 5.97 Å². The van der Waals surface area contributed by atoms with E-state index in [1.807, 2.05) is 0 Å². The maximum atomic E-state index is 9.60. The maximum absolute atomic E-state index is 9.60. The van der Waals surface area contributed by atoms with Gasteiger partial charge in [0.05, 0.1) is 26.4 Å². The van der Waals surface area contributed by atoms with Gasteiger partial charge in [-0.1, -0.05) is 6.58 Å². The average molecular weight is 262 g/mol. The molecule has 0 aromatic carbocycles. The van der Waals surface area contributed by atoms with Crippen molar-refractivity contribution in [3.05, 3.63) is 12.2 Å². The second-order valence-corrected chi connectivity index (χ2v) is 3.85. The number of rotatable bonds is 5. The number of epoxide rings is 2. The molecule has 0 aromatic rings. The number of aliphatic carboxylic acids is 1. The zero-order chi connectivity index (χ0) is 14.0. The van der Waals surface area contributed by atoms with Gasteiger partial charge in [0.25, 0.3) is 0 Å². The van der Waals surface area contributed by atoms with Crippen LogP contribution in [0.5, 0.6) is 0 Å². The molecule has 2 N–H and O–H groups in total. The Labute approximate surface area is 107 Å². The summed E-state index contributed by atoms with van der Waals surface area (Å²) in [5.74, 6) is -0.935. The Kier molecular flexibility index (Phi) is 9.49. The summed E-state index contributed by atoms with van der Waals surface area (Å²) in [4.78, 5) is 9.60. The highest BCUT2D eigenvalue weighted by Gasteiger charge is 2.26. The standard InChI is InChI=1S/C6H10O3.C4H6O2.C2H6O/c1(5-3-8-5)7-2-6-4-9-6;1-3(2)4(5)6;1-2-3/h5-6H,1-4H2;1H2,2H3,(H,5,6);3H,2H2,1H3. The van der Waals surface area contributed by atoms with Crippen LogP contribution in [0.25, 0.3) is 0 Å². The van der Waals surface area contributed by atoms with E-state index in [0.717, 1.165) is 26.4 Å². The summed E-state index contributed by atoms with van der Waals surface area (Å²) in [6, 6.07) is 0.